The predicted molar refractivity (Wildman–Crippen MR) is 126 cm³/mol. The Balaban J connectivity index is 1.77. The molecular formula is C27H32BrFO2. The normalized spacial score (nSPS) is 36.1. The van der Waals surface area contributed by atoms with Gasteiger partial charge in [0.25, 0.3) is 0 Å². The van der Waals surface area contributed by atoms with Crippen LogP contribution in [0.3, 0.4) is 0 Å². The van der Waals surface area contributed by atoms with E-state index in [1.165, 1.54) is 19.3 Å². The van der Waals surface area contributed by atoms with Crippen molar-refractivity contribution in [2.45, 2.75) is 64.7 Å². The van der Waals surface area contributed by atoms with Gasteiger partial charge in [0.1, 0.15) is 11.6 Å². The molecule has 4 fully saturated rings. The second kappa shape index (κ2) is 7.05. The van der Waals surface area contributed by atoms with Crippen LogP contribution in [0, 0.1) is 22.1 Å². The van der Waals surface area contributed by atoms with E-state index in [4.69, 9.17) is 9.47 Å². The molecule has 0 spiro atoms. The van der Waals surface area contributed by atoms with E-state index in [0.717, 1.165) is 41.7 Å². The van der Waals surface area contributed by atoms with Crippen molar-refractivity contribution in [1.29, 1.82) is 0 Å². The average molecular weight is 487 g/mol. The SMILES string of the molecule is COCOc1c(-c2ccccc2)cc(F)c(Br)c1C12CC3(C)CC(C)(CC(C)(C3)C1)C2. The van der Waals surface area contributed by atoms with Gasteiger partial charge in [0.05, 0.1) is 4.47 Å². The van der Waals surface area contributed by atoms with Crippen LogP contribution in [0.25, 0.3) is 11.1 Å². The molecule has 2 aromatic rings. The zero-order valence-electron chi connectivity index (χ0n) is 19.0. The largest absolute Gasteiger partial charge is 0.467 e. The molecule has 6 rings (SSSR count). The summed E-state index contributed by atoms with van der Waals surface area (Å²) in [7, 11) is 1.63. The number of rotatable bonds is 5. The second-order valence-electron chi connectivity index (χ2n) is 11.6. The maximum absolute atomic E-state index is 15.5. The monoisotopic (exact) mass is 486 g/mol. The van der Waals surface area contributed by atoms with E-state index < -0.39 is 0 Å². The lowest BCUT2D eigenvalue weighted by atomic mass is 9.35. The third-order valence-corrected chi connectivity index (χ3v) is 8.74. The molecule has 4 aliphatic carbocycles. The molecule has 0 N–H and O–H groups in total. The molecule has 0 aromatic heterocycles. The Morgan fingerprint density at radius 3 is 1.97 bits per heavy atom. The molecular weight excluding hydrogens is 455 g/mol. The lowest BCUT2D eigenvalue weighted by molar-refractivity contribution is -0.153. The summed E-state index contributed by atoms with van der Waals surface area (Å²) in [5, 5.41) is 0. The molecule has 0 amide bonds. The van der Waals surface area contributed by atoms with Gasteiger partial charge in [-0.05, 0) is 82.3 Å². The van der Waals surface area contributed by atoms with Crippen molar-refractivity contribution in [2.75, 3.05) is 13.9 Å². The molecule has 31 heavy (non-hydrogen) atoms. The van der Waals surface area contributed by atoms with Gasteiger partial charge in [-0.3, -0.25) is 0 Å². The first-order valence-electron chi connectivity index (χ1n) is 11.3. The highest BCUT2D eigenvalue weighted by molar-refractivity contribution is 9.10. The van der Waals surface area contributed by atoms with E-state index in [9.17, 15) is 0 Å². The highest BCUT2D eigenvalue weighted by atomic mass is 79.9. The molecule has 2 nitrogen and oxygen atoms in total. The first kappa shape index (κ1) is 21.5. The van der Waals surface area contributed by atoms with Gasteiger partial charge in [-0.2, -0.15) is 0 Å². The number of benzene rings is 2. The number of halogens is 2. The summed E-state index contributed by atoms with van der Waals surface area (Å²) < 4.78 is 27.6. The smallest absolute Gasteiger partial charge is 0.188 e. The summed E-state index contributed by atoms with van der Waals surface area (Å²) in [4.78, 5) is 0. The van der Waals surface area contributed by atoms with E-state index in [0.29, 0.717) is 4.47 Å². The standard InChI is InChI=1S/C27H32BrFO2/c1-24-11-25(2)13-26(3,12-24)16-27(14-24,15-25)21-22(28)20(29)10-19(23(21)31-17-30-4)18-8-6-5-7-9-18/h5-10H,11-17H2,1-4H3. The van der Waals surface area contributed by atoms with Crippen LogP contribution in [0.2, 0.25) is 0 Å². The Kier molecular flexibility index (Phi) is 4.88. The van der Waals surface area contributed by atoms with Crippen molar-refractivity contribution in [3.63, 3.8) is 0 Å². The Morgan fingerprint density at radius 1 is 0.903 bits per heavy atom. The molecule has 0 atom stereocenters. The van der Waals surface area contributed by atoms with E-state index in [1.807, 2.05) is 30.3 Å². The Morgan fingerprint density at radius 2 is 1.45 bits per heavy atom. The van der Waals surface area contributed by atoms with E-state index in [1.54, 1.807) is 13.2 Å². The molecule has 4 aliphatic rings. The average Bonchev–Trinajstić information content (AvgIpc) is 2.65. The fraction of sp³-hybridized carbons (Fsp3) is 0.556. The summed E-state index contributed by atoms with van der Waals surface area (Å²) in [6, 6.07) is 11.6. The number of hydrogen-bond acceptors (Lipinski definition) is 2. The van der Waals surface area contributed by atoms with E-state index >= 15 is 4.39 Å². The lowest BCUT2D eigenvalue weighted by Crippen LogP contribution is -2.60. The zero-order valence-corrected chi connectivity index (χ0v) is 20.6. The maximum Gasteiger partial charge on any atom is 0.188 e. The summed E-state index contributed by atoms with van der Waals surface area (Å²) in [6.45, 7) is 7.51. The van der Waals surface area contributed by atoms with Crippen LogP contribution in [0.15, 0.2) is 40.9 Å². The van der Waals surface area contributed by atoms with Gasteiger partial charge in [0.2, 0.25) is 0 Å². The van der Waals surface area contributed by atoms with Crippen LogP contribution in [0.5, 0.6) is 5.75 Å². The maximum atomic E-state index is 15.5. The molecule has 2 aromatic carbocycles. The summed E-state index contributed by atoms with van der Waals surface area (Å²) in [5.74, 6) is 0.564. The third-order valence-electron chi connectivity index (χ3n) is 7.96. The quantitative estimate of drug-likeness (QED) is 0.400. The Hall–Kier alpha value is -1.39. The Bertz CT molecular complexity index is 964. The second-order valence-corrected chi connectivity index (χ2v) is 12.4. The number of ether oxygens (including phenoxy) is 2. The molecule has 166 valence electrons. The van der Waals surface area contributed by atoms with Crippen molar-refractivity contribution in [2.24, 2.45) is 16.2 Å². The highest BCUT2D eigenvalue weighted by Gasteiger charge is 2.65. The number of methoxy groups -OCH3 is 1. The van der Waals surface area contributed by atoms with Crippen LogP contribution in [0.4, 0.5) is 4.39 Å². The molecule has 0 heterocycles. The molecule has 4 bridgehead atoms. The van der Waals surface area contributed by atoms with Crippen molar-refractivity contribution < 1.29 is 13.9 Å². The van der Waals surface area contributed by atoms with Crippen molar-refractivity contribution in [3.05, 3.63) is 52.3 Å². The minimum absolute atomic E-state index is 0.0967. The van der Waals surface area contributed by atoms with Crippen LogP contribution >= 0.6 is 15.9 Å². The highest BCUT2D eigenvalue weighted by Crippen LogP contribution is 2.75. The van der Waals surface area contributed by atoms with E-state index in [-0.39, 0.29) is 34.3 Å². The minimum atomic E-state index is -0.213. The van der Waals surface area contributed by atoms with Gasteiger partial charge < -0.3 is 9.47 Å². The third kappa shape index (κ3) is 3.45. The van der Waals surface area contributed by atoms with Crippen LogP contribution < -0.4 is 4.74 Å². The molecule has 0 saturated heterocycles. The fourth-order valence-electron chi connectivity index (χ4n) is 8.74. The number of hydrogen-bond donors (Lipinski definition) is 0. The predicted octanol–water partition coefficient (Wildman–Crippen LogP) is 7.88. The van der Waals surface area contributed by atoms with Crippen LogP contribution in [-0.4, -0.2) is 13.9 Å². The van der Waals surface area contributed by atoms with Gasteiger partial charge in [0.15, 0.2) is 6.79 Å². The van der Waals surface area contributed by atoms with Crippen molar-refractivity contribution >= 4 is 15.9 Å². The van der Waals surface area contributed by atoms with Gasteiger partial charge in [-0.25, -0.2) is 4.39 Å². The fourth-order valence-corrected chi connectivity index (χ4v) is 9.45. The first-order valence-corrected chi connectivity index (χ1v) is 12.1. The van der Waals surface area contributed by atoms with E-state index in [2.05, 4.69) is 36.7 Å². The van der Waals surface area contributed by atoms with Gasteiger partial charge in [-0.1, -0.05) is 51.1 Å². The summed E-state index contributed by atoms with van der Waals surface area (Å²) in [5.41, 5.74) is 3.56. The lowest BCUT2D eigenvalue weighted by Gasteiger charge is -2.69. The first-order chi connectivity index (χ1) is 14.6. The summed E-state index contributed by atoms with van der Waals surface area (Å²) >= 11 is 3.68. The Labute approximate surface area is 193 Å². The minimum Gasteiger partial charge on any atom is -0.467 e. The zero-order chi connectivity index (χ0) is 22.1. The molecule has 4 heteroatoms. The van der Waals surface area contributed by atoms with Crippen molar-refractivity contribution in [3.8, 4) is 16.9 Å². The molecule has 0 unspecified atom stereocenters. The topological polar surface area (TPSA) is 18.5 Å². The molecule has 0 aliphatic heterocycles. The van der Waals surface area contributed by atoms with Gasteiger partial charge >= 0.3 is 0 Å². The van der Waals surface area contributed by atoms with Gasteiger partial charge in [0, 0.05) is 23.7 Å². The van der Waals surface area contributed by atoms with Crippen molar-refractivity contribution in [1.82, 2.24) is 0 Å². The van der Waals surface area contributed by atoms with Gasteiger partial charge in [-0.15, -0.1) is 0 Å². The van der Waals surface area contributed by atoms with Crippen LogP contribution in [0.1, 0.15) is 64.9 Å². The molecule has 4 saturated carbocycles. The van der Waals surface area contributed by atoms with Crippen LogP contribution in [-0.2, 0) is 10.2 Å². The molecule has 0 radical (unpaired) electrons. The summed E-state index contributed by atoms with van der Waals surface area (Å²) in [6.07, 6.45) is 7.07.